The van der Waals surface area contributed by atoms with Gasteiger partial charge in [0.2, 0.25) is 0 Å². The fraction of sp³-hybridized carbons (Fsp3) is 0.500. The second kappa shape index (κ2) is 4.73. The molecule has 1 rings (SSSR count). The SMILES string of the molecule is COCC(C)(O)Cc1ccc(F)cc1C. The van der Waals surface area contributed by atoms with E-state index in [-0.39, 0.29) is 12.4 Å². The Kier molecular flexibility index (Phi) is 3.83. The van der Waals surface area contributed by atoms with Gasteiger partial charge in [-0.05, 0) is 37.1 Å². The third kappa shape index (κ3) is 3.61. The third-order valence-electron chi connectivity index (χ3n) is 2.33. The molecule has 1 atom stereocenters. The Bertz CT molecular complexity index is 334. The molecule has 1 N–H and O–H groups in total. The summed E-state index contributed by atoms with van der Waals surface area (Å²) in [6.07, 6.45) is 0.465. The molecule has 1 aromatic carbocycles. The van der Waals surface area contributed by atoms with Gasteiger partial charge in [0.1, 0.15) is 5.82 Å². The van der Waals surface area contributed by atoms with Crippen LogP contribution in [0.3, 0.4) is 0 Å². The number of hydrogen-bond acceptors (Lipinski definition) is 2. The maximum absolute atomic E-state index is 12.8. The highest BCUT2D eigenvalue weighted by Gasteiger charge is 2.21. The Labute approximate surface area is 89.7 Å². The van der Waals surface area contributed by atoms with E-state index in [1.807, 2.05) is 6.92 Å². The molecule has 0 radical (unpaired) electrons. The minimum Gasteiger partial charge on any atom is -0.387 e. The normalized spacial score (nSPS) is 15.0. The number of aryl methyl sites for hydroxylation is 1. The lowest BCUT2D eigenvalue weighted by atomic mass is 9.94. The second-order valence-electron chi connectivity index (χ2n) is 4.18. The average molecular weight is 212 g/mol. The average Bonchev–Trinajstić information content (AvgIpc) is 2.09. The molecule has 0 spiro atoms. The van der Waals surface area contributed by atoms with Crippen LogP contribution in [0.4, 0.5) is 4.39 Å². The van der Waals surface area contributed by atoms with Gasteiger partial charge in [-0.25, -0.2) is 4.39 Å². The summed E-state index contributed by atoms with van der Waals surface area (Å²) in [4.78, 5) is 0. The Morgan fingerprint density at radius 2 is 2.13 bits per heavy atom. The molecule has 2 nitrogen and oxygen atoms in total. The first-order valence-electron chi connectivity index (χ1n) is 4.91. The van der Waals surface area contributed by atoms with Crippen molar-refractivity contribution in [2.75, 3.05) is 13.7 Å². The summed E-state index contributed by atoms with van der Waals surface area (Å²) in [6, 6.07) is 4.58. The van der Waals surface area contributed by atoms with Crippen molar-refractivity contribution >= 4 is 0 Å². The number of ether oxygens (including phenoxy) is 1. The van der Waals surface area contributed by atoms with Crippen LogP contribution in [0.1, 0.15) is 18.1 Å². The van der Waals surface area contributed by atoms with E-state index in [0.717, 1.165) is 11.1 Å². The van der Waals surface area contributed by atoms with E-state index in [1.54, 1.807) is 20.1 Å². The predicted molar refractivity (Wildman–Crippen MR) is 57.3 cm³/mol. The van der Waals surface area contributed by atoms with Crippen LogP contribution in [-0.4, -0.2) is 24.4 Å². The van der Waals surface area contributed by atoms with Crippen molar-refractivity contribution in [1.82, 2.24) is 0 Å². The van der Waals surface area contributed by atoms with Crippen LogP contribution < -0.4 is 0 Å². The Morgan fingerprint density at radius 3 is 2.67 bits per heavy atom. The fourth-order valence-electron chi connectivity index (χ4n) is 1.63. The van der Waals surface area contributed by atoms with Crippen LogP contribution in [0.5, 0.6) is 0 Å². The van der Waals surface area contributed by atoms with Crippen molar-refractivity contribution in [3.63, 3.8) is 0 Å². The molecule has 0 heterocycles. The number of rotatable bonds is 4. The van der Waals surface area contributed by atoms with E-state index in [2.05, 4.69) is 0 Å². The fourth-order valence-corrected chi connectivity index (χ4v) is 1.63. The maximum Gasteiger partial charge on any atom is 0.123 e. The van der Waals surface area contributed by atoms with Crippen LogP contribution in [0.2, 0.25) is 0 Å². The van der Waals surface area contributed by atoms with Crippen molar-refractivity contribution in [3.8, 4) is 0 Å². The summed E-state index contributed by atoms with van der Waals surface area (Å²) in [5.41, 5.74) is 0.891. The first-order valence-corrected chi connectivity index (χ1v) is 4.91. The van der Waals surface area contributed by atoms with Gasteiger partial charge in [0.05, 0.1) is 12.2 Å². The molecule has 1 aromatic rings. The lowest BCUT2D eigenvalue weighted by Gasteiger charge is -2.23. The zero-order valence-corrected chi connectivity index (χ0v) is 9.38. The lowest BCUT2D eigenvalue weighted by Crippen LogP contribution is -2.33. The number of aliphatic hydroxyl groups is 1. The summed E-state index contributed by atoms with van der Waals surface area (Å²) in [6.45, 7) is 3.81. The maximum atomic E-state index is 12.8. The van der Waals surface area contributed by atoms with E-state index in [1.165, 1.54) is 12.1 Å². The molecule has 0 aliphatic heterocycles. The van der Waals surface area contributed by atoms with Crippen LogP contribution in [-0.2, 0) is 11.2 Å². The van der Waals surface area contributed by atoms with Gasteiger partial charge in [0, 0.05) is 13.5 Å². The molecule has 1 unspecified atom stereocenters. The molecular weight excluding hydrogens is 195 g/mol. The van der Waals surface area contributed by atoms with E-state index in [4.69, 9.17) is 4.74 Å². The third-order valence-corrected chi connectivity index (χ3v) is 2.33. The highest BCUT2D eigenvalue weighted by Crippen LogP contribution is 2.17. The Morgan fingerprint density at radius 1 is 1.47 bits per heavy atom. The van der Waals surface area contributed by atoms with Gasteiger partial charge in [-0.1, -0.05) is 6.07 Å². The van der Waals surface area contributed by atoms with Gasteiger partial charge in [0.15, 0.2) is 0 Å². The van der Waals surface area contributed by atoms with Crippen LogP contribution in [0, 0.1) is 12.7 Å². The summed E-state index contributed by atoms with van der Waals surface area (Å²) in [5.74, 6) is -0.248. The first kappa shape index (κ1) is 12.1. The van der Waals surface area contributed by atoms with E-state index >= 15 is 0 Å². The van der Waals surface area contributed by atoms with Crippen molar-refractivity contribution < 1.29 is 14.2 Å². The Balaban J connectivity index is 2.80. The highest BCUT2D eigenvalue weighted by atomic mass is 19.1. The molecule has 0 fully saturated rings. The first-order chi connectivity index (χ1) is 6.94. The Hall–Kier alpha value is -0.930. The van der Waals surface area contributed by atoms with Gasteiger partial charge < -0.3 is 9.84 Å². The van der Waals surface area contributed by atoms with Gasteiger partial charge in [-0.3, -0.25) is 0 Å². The molecule has 0 aliphatic carbocycles. The molecule has 15 heavy (non-hydrogen) atoms. The van der Waals surface area contributed by atoms with Crippen molar-refractivity contribution in [3.05, 3.63) is 35.1 Å². The highest BCUT2D eigenvalue weighted by molar-refractivity contribution is 5.27. The summed E-state index contributed by atoms with van der Waals surface area (Å²) in [7, 11) is 1.55. The quantitative estimate of drug-likeness (QED) is 0.828. The van der Waals surface area contributed by atoms with Crippen LogP contribution in [0.25, 0.3) is 0 Å². The zero-order chi connectivity index (χ0) is 11.5. The van der Waals surface area contributed by atoms with Gasteiger partial charge in [-0.2, -0.15) is 0 Å². The van der Waals surface area contributed by atoms with Gasteiger partial charge in [0.25, 0.3) is 0 Å². The van der Waals surface area contributed by atoms with Crippen molar-refractivity contribution in [2.45, 2.75) is 25.9 Å². The summed E-state index contributed by atoms with van der Waals surface area (Å²) in [5, 5.41) is 9.94. The molecule has 84 valence electrons. The van der Waals surface area contributed by atoms with Crippen LogP contribution >= 0.6 is 0 Å². The molecule has 0 aliphatic rings. The largest absolute Gasteiger partial charge is 0.387 e. The second-order valence-corrected chi connectivity index (χ2v) is 4.18. The monoisotopic (exact) mass is 212 g/mol. The molecule has 0 saturated carbocycles. The molecular formula is C12H17FO2. The topological polar surface area (TPSA) is 29.5 Å². The molecule has 3 heteroatoms. The summed E-state index contributed by atoms with van der Waals surface area (Å²) >= 11 is 0. The molecule has 0 aromatic heterocycles. The van der Waals surface area contributed by atoms with Crippen molar-refractivity contribution in [1.29, 1.82) is 0 Å². The van der Waals surface area contributed by atoms with Gasteiger partial charge >= 0.3 is 0 Å². The zero-order valence-electron chi connectivity index (χ0n) is 9.38. The predicted octanol–water partition coefficient (Wildman–Crippen LogP) is 2.07. The van der Waals surface area contributed by atoms with E-state index in [9.17, 15) is 9.50 Å². The minimum absolute atomic E-state index is 0.248. The number of halogens is 1. The molecule has 0 saturated heterocycles. The van der Waals surface area contributed by atoms with Crippen molar-refractivity contribution in [2.24, 2.45) is 0 Å². The minimum atomic E-state index is -0.905. The molecule has 0 bridgehead atoms. The lowest BCUT2D eigenvalue weighted by molar-refractivity contribution is -0.0162. The number of methoxy groups -OCH3 is 1. The number of hydrogen-bond donors (Lipinski definition) is 1. The smallest absolute Gasteiger partial charge is 0.123 e. The summed E-state index contributed by atoms with van der Waals surface area (Å²) < 4.78 is 17.8. The van der Waals surface area contributed by atoms with Crippen LogP contribution in [0.15, 0.2) is 18.2 Å². The molecule has 0 amide bonds. The number of benzene rings is 1. The van der Waals surface area contributed by atoms with E-state index < -0.39 is 5.60 Å². The van der Waals surface area contributed by atoms with E-state index in [0.29, 0.717) is 6.42 Å². The van der Waals surface area contributed by atoms with Gasteiger partial charge in [-0.15, -0.1) is 0 Å². The standard InChI is InChI=1S/C12H17FO2/c1-9-6-11(13)5-4-10(9)7-12(2,14)8-15-3/h4-6,14H,7-8H2,1-3H3.